The fourth-order valence-corrected chi connectivity index (χ4v) is 4.95. The van der Waals surface area contributed by atoms with E-state index in [-0.39, 0.29) is 18.9 Å². The summed E-state index contributed by atoms with van der Waals surface area (Å²) in [5.41, 5.74) is 2.11. The molecular weight excluding hydrogens is 590 g/mol. The van der Waals surface area contributed by atoms with E-state index < -0.39 is 67.0 Å². The molecule has 5 atom stereocenters. The van der Waals surface area contributed by atoms with E-state index >= 15 is 0 Å². The standard InChI is InChI=1S/C31H35N3O11/c1-17-10-12-22(13-11-17)40-15-14-34-24-9-7-6-8-23(24)26(30(34)39)33-45-31-27(32-18(2)35)29(43-21(5)38)28(42-20(4)37)25(44-31)16-41-19(3)36/h6-13,25,27-29,31H,14-16H2,1-5H3,(H,32,35)/b33-26-/t25-,27+,28+,29-,31-/m0/s1. The highest BCUT2D eigenvalue weighted by molar-refractivity contribution is 6.54. The first-order chi connectivity index (χ1) is 21.4. The van der Waals surface area contributed by atoms with Crippen LogP contribution in [0.3, 0.4) is 0 Å². The van der Waals surface area contributed by atoms with Crippen molar-refractivity contribution in [3.63, 3.8) is 0 Å². The Labute approximate surface area is 259 Å². The third kappa shape index (κ3) is 8.35. The quantitative estimate of drug-likeness (QED) is 0.220. The third-order valence-corrected chi connectivity index (χ3v) is 6.82. The lowest BCUT2D eigenvalue weighted by molar-refractivity contribution is -0.278. The van der Waals surface area contributed by atoms with Gasteiger partial charge in [0.2, 0.25) is 5.91 Å². The number of ether oxygens (including phenoxy) is 5. The van der Waals surface area contributed by atoms with Crippen molar-refractivity contribution in [1.29, 1.82) is 0 Å². The molecule has 0 bridgehead atoms. The summed E-state index contributed by atoms with van der Waals surface area (Å²) in [6.07, 6.45) is -5.30. The third-order valence-electron chi connectivity index (χ3n) is 6.82. The Bertz CT molecular complexity index is 1460. The Balaban J connectivity index is 1.61. The van der Waals surface area contributed by atoms with E-state index in [9.17, 15) is 24.0 Å². The molecule has 0 aliphatic carbocycles. The number of rotatable bonds is 11. The van der Waals surface area contributed by atoms with Crippen LogP contribution in [0.1, 0.15) is 38.8 Å². The van der Waals surface area contributed by atoms with Gasteiger partial charge in [-0.2, -0.15) is 0 Å². The fraction of sp³-hybridized carbons (Fsp3) is 0.419. The lowest BCUT2D eigenvalue weighted by atomic mass is 9.96. The highest BCUT2D eigenvalue weighted by Gasteiger charge is 2.52. The Kier molecular flexibility index (Phi) is 10.7. The Morgan fingerprint density at radius 2 is 1.58 bits per heavy atom. The first-order valence-electron chi connectivity index (χ1n) is 14.2. The van der Waals surface area contributed by atoms with Crippen LogP contribution < -0.4 is 15.0 Å². The zero-order valence-corrected chi connectivity index (χ0v) is 25.5. The molecule has 0 unspecified atom stereocenters. The summed E-state index contributed by atoms with van der Waals surface area (Å²) in [5, 5.41) is 6.73. The minimum atomic E-state index is -1.48. The smallest absolute Gasteiger partial charge is 0.303 e. The van der Waals surface area contributed by atoms with Gasteiger partial charge in [-0.3, -0.25) is 24.0 Å². The number of aryl methyl sites for hydroxylation is 1. The average Bonchev–Trinajstić information content (AvgIpc) is 3.24. The molecule has 45 heavy (non-hydrogen) atoms. The van der Waals surface area contributed by atoms with Gasteiger partial charge in [0.25, 0.3) is 12.2 Å². The number of carbonyl (C=O) groups excluding carboxylic acids is 5. The largest absolute Gasteiger partial charge is 0.492 e. The summed E-state index contributed by atoms with van der Waals surface area (Å²) in [4.78, 5) is 68.7. The zero-order valence-electron chi connectivity index (χ0n) is 25.5. The first-order valence-corrected chi connectivity index (χ1v) is 14.2. The number of nitrogens with one attached hydrogen (secondary N) is 1. The van der Waals surface area contributed by atoms with Crippen LogP contribution in [0.25, 0.3) is 0 Å². The Morgan fingerprint density at radius 3 is 2.22 bits per heavy atom. The molecule has 14 heteroatoms. The number of amides is 2. The van der Waals surface area contributed by atoms with Crippen LogP contribution in [0, 0.1) is 6.92 Å². The van der Waals surface area contributed by atoms with Gasteiger partial charge in [-0.1, -0.05) is 41.1 Å². The summed E-state index contributed by atoms with van der Waals surface area (Å²) in [5.74, 6) is -2.51. The van der Waals surface area contributed by atoms with Gasteiger partial charge >= 0.3 is 17.9 Å². The number of fused-ring (bicyclic) bond motifs is 1. The minimum Gasteiger partial charge on any atom is -0.492 e. The van der Waals surface area contributed by atoms with Crippen LogP contribution in [0.2, 0.25) is 0 Å². The SMILES string of the molecule is CC(=O)N[C@H]1[C@H](O/N=C2\C(=O)N(CCOc3ccc(C)cc3)c3ccccc32)O[C@@H](COC(C)=O)[C@@H](OC(C)=O)[C@H]1OC(C)=O. The van der Waals surface area contributed by atoms with Crippen LogP contribution in [0.15, 0.2) is 53.7 Å². The van der Waals surface area contributed by atoms with Crippen molar-refractivity contribution in [3.05, 3.63) is 59.7 Å². The van der Waals surface area contributed by atoms with Gasteiger partial charge in [-0.25, -0.2) is 0 Å². The van der Waals surface area contributed by atoms with Crippen LogP contribution in [-0.2, 0) is 47.8 Å². The van der Waals surface area contributed by atoms with Crippen molar-refractivity contribution in [2.75, 3.05) is 24.7 Å². The molecule has 4 rings (SSSR count). The molecule has 0 aromatic heterocycles. The normalized spacial score (nSPS) is 23.1. The maximum Gasteiger partial charge on any atom is 0.303 e. The van der Waals surface area contributed by atoms with Crippen LogP contribution in [-0.4, -0.2) is 85.8 Å². The Hall–Kier alpha value is -4.98. The number of anilines is 1. The van der Waals surface area contributed by atoms with Gasteiger partial charge in [0.15, 0.2) is 17.9 Å². The summed E-state index contributed by atoms with van der Waals surface area (Å²) in [7, 11) is 0. The van der Waals surface area contributed by atoms with Crippen molar-refractivity contribution >= 4 is 41.1 Å². The molecule has 1 N–H and O–H groups in total. The van der Waals surface area contributed by atoms with Crippen LogP contribution in [0.4, 0.5) is 5.69 Å². The number of para-hydroxylation sites is 1. The molecule has 1 saturated heterocycles. The van der Waals surface area contributed by atoms with E-state index in [2.05, 4.69) is 10.5 Å². The van der Waals surface area contributed by atoms with Gasteiger partial charge in [0.1, 0.15) is 31.1 Å². The zero-order chi connectivity index (χ0) is 32.7. The summed E-state index contributed by atoms with van der Waals surface area (Å²) >= 11 is 0. The average molecular weight is 626 g/mol. The second-order valence-corrected chi connectivity index (χ2v) is 10.4. The lowest BCUT2D eigenvalue weighted by Gasteiger charge is -2.43. The maximum atomic E-state index is 13.6. The molecular formula is C31H35N3O11. The highest BCUT2D eigenvalue weighted by Crippen LogP contribution is 2.31. The van der Waals surface area contributed by atoms with E-state index in [1.165, 1.54) is 18.7 Å². The number of oxime groups is 1. The molecule has 2 aromatic rings. The van der Waals surface area contributed by atoms with E-state index in [1.807, 2.05) is 31.2 Å². The molecule has 2 aliphatic heterocycles. The van der Waals surface area contributed by atoms with E-state index in [1.54, 1.807) is 24.3 Å². The molecule has 2 amide bonds. The molecule has 2 aliphatic rings. The molecule has 14 nitrogen and oxygen atoms in total. The number of carbonyl (C=O) groups is 5. The van der Waals surface area contributed by atoms with E-state index in [0.717, 1.165) is 19.4 Å². The monoisotopic (exact) mass is 625 g/mol. The number of nitrogens with zero attached hydrogens (tertiary/aromatic N) is 2. The number of benzene rings is 2. The van der Waals surface area contributed by atoms with Crippen molar-refractivity contribution in [2.24, 2.45) is 5.16 Å². The van der Waals surface area contributed by atoms with Gasteiger partial charge in [0.05, 0.1) is 12.2 Å². The van der Waals surface area contributed by atoms with E-state index in [4.69, 9.17) is 28.5 Å². The predicted octanol–water partition coefficient (Wildman–Crippen LogP) is 1.80. The second-order valence-electron chi connectivity index (χ2n) is 10.4. The predicted molar refractivity (Wildman–Crippen MR) is 157 cm³/mol. The highest BCUT2D eigenvalue weighted by atomic mass is 16.8. The van der Waals surface area contributed by atoms with Gasteiger partial charge < -0.3 is 38.7 Å². The van der Waals surface area contributed by atoms with Crippen LogP contribution in [0.5, 0.6) is 5.75 Å². The van der Waals surface area contributed by atoms with Gasteiger partial charge in [-0.15, -0.1) is 0 Å². The van der Waals surface area contributed by atoms with Crippen molar-refractivity contribution in [2.45, 2.75) is 65.3 Å². The van der Waals surface area contributed by atoms with Crippen molar-refractivity contribution in [1.82, 2.24) is 5.32 Å². The molecule has 1 fully saturated rings. The molecule has 2 aromatic carbocycles. The van der Waals surface area contributed by atoms with Gasteiger partial charge in [0, 0.05) is 33.3 Å². The van der Waals surface area contributed by atoms with Crippen LogP contribution >= 0.6 is 0 Å². The van der Waals surface area contributed by atoms with Crippen molar-refractivity contribution < 1.29 is 52.5 Å². The van der Waals surface area contributed by atoms with Gasteiger partial charge in [-0.05, 0) is 25.1 Å². The molecule has 0 spiro atoms. The minimum absolute atomic E-state index is 0.0474. The lowest BCUT2D eigenvalue weighted by Crippen LogP contribution is -2.66. The number of hydrogen-bond donors (Lipinski definition) is 1. The molecule has 2 heterocycles. The molecule has 0 radical (unpaired) electrons. The maximum absolute atomic E-state index is 13.6. The fourth-order valence-electron chi connectivity index (χ4n) is 4.95. The topological polar surface area (TPSA) is 168 Å². The van der Waals surface area contributed by atoms with E-state index in [0.29, 0.717) is 17.0 Å². The number of hydrogen-bond acceptors (Lipinski definition) is 12. The molecule has 0 saturated carbocycles. The summed E-state index contributed by atoms with van der Waals surface area (Å²) in [6.45, 7) is 6.63. The van der Waals surface area contributed by atoms with Crippen molar-refractivity contribution in [3.8, 4) is 5.75 Å². The second kappa shape index (κ2) is 14.7. The number of esters is 3. The molecule has 240 valence electrons. The summed E-state index contributed by atoms with van der Waals surface area (Å²) < 4.78 is 27.8. The Morgan fingerprint density at radius 1 is 0.911 bits per heavy atom. The first kappa shape index (κ1) is 32.9. The summed E-state index contributed by atoms with van der Waals surface area (Å²) in [6, 6.07) is 13.3.